The Morgan fingerprint density at radius 2 is 2.21 bits per heavy atom. The molecule has 1 fully saturated rings. The summed E-state index contributed by atoms with van der Waals surface area (Å²) in [7, 11) is -1.84. The van der Waals surface area contributed by atoms with Crippen LogP contribution in [0.3, 0.4) is 0 Å². The van der Waals surface area contributed by atoms with Gasteiger partial charge in [-0.15, -0.1) is 0 Å². The molecule has 1 aromatic heterocycles. The van der Waals surface area contributed by atoms with Crippen molar-refractivity contribution in [3.8, 4) is 0 Å². The van der Waals surface area contributed by atoms with Gasteiger partial charge in [-0.05, 0) is 6.07 Å². The molecule has 0 aliphatic carbocycles. The molecule has 104 valence electrons. The number of carbonyl (C=O) groups excluding carboxylic acids is 1. The van der Waals surface area contributed by atoms with Crippen LogP contribution in [0.1, 0.15) is 10.4 Å². The smallest absolute Gasteiger partial charge is 0.253 e. The number of hydrogen-bond donors (Lipinski definition) is 1. The highest BCUT2D eigenvalue weighted by Gasteiger charge is 2.38. The van der Waals surface area contributed by atoms with Crippen LogP contribution in [-0.2, 0) is 14.6 Å². The maximum Gasteiger partial charge on any atom is 0.253 e. The zero-order chi connectivity index (χ0) is 14.0. The zero-order valence-electron chi connectivity index (χ0n) is 10.2. The number of nitrogens with one attached hydrogen (secondary N) is 1. The lowest BCUT2D eigenvalue weighted by Gasteiger charge is -2.17. The molecule has 2 atom stereocenters. The zero-order valence-corrected chi connectivity index (χ0v) is 11.0. The number of amides is 1. The van der Waals surface area contributed by atoms with Crippen molar-refractivity contribution >= 4 is 15.7 Å². The summed E-state index contributed by atoms with van der Waals surface area (Å²) in [4.78, 5) is 15.4. The van der Waals surface area contributed by atoms with E-state index in [9.17, 15) is 17.6 Å². The summed E-state index contributed by atoms with van der Waals surface area (Å²) in [5.74, 6) is -1.51. The van der Waals surface area contributed by atoms with Gasteiger partial charge < -0.3 is 10.1 Å². The average molecular weight is 288 g/mol. The lowest BCUT2D eigenvalue weighted by molar-refractivity contribution is 0.0786. The van der Waals surface area contributed by atoms with E-state index in [1.54, 1.807) is 0 Å². The van der Waals surface area contributed by atoms with Crippen LogP contribution in [0.4, 0.5) is 4.39 Å². The van der Waals surface area contributed by atoms with Gasteiger partial charge in [0.1, 0.15) is 5.82 Å². The van der Waals surface area contributed by atoms with Gasteiger partial charge in [0.25, 0.3) is 5.91 Å². The van der Waals surface area contributed by atoms with E-state index in [4.69, 9.17) is 4.74 Å². The Balaban J connectivity index is 2.11. The van der Waals surface area contributed by atoms with Crippen LogP contribution in [0, 0.1) is 5.82 Å². The van der Waals surface area contributed by atoms with Crippen LogP contribution in [-0.4, -0.2) is 50.1 Å². The second kappa shape index (κ2) is 5.22. The average Bonchev–Trinajstić information content (AvgIpc) is 2.63. The highest BCUT2D eigenvalue weighted by Crippen LogP contribution is 2.16. The molecule has 1 aliphatic rings. The van der Waals surface area contributed by atoms with Gasteiger partial charge in [0.15, 0.2) is 9.84 Å². The number of hydrogen-bond acceptors (Lipinski definition) is 5. The third-order valence-corrected chi connectivity index (χ3v) is 4.59. The molecular formula is C11H13FN2O4S. The third kappa shape index (κ3) is 3.27. The van der Waals surface area contributed by atoms with Crippen molar-refractivity contribution in [1.82, 2.24) is 10.3 Å². The summed E-state index contributed by atoms with van der Waals surface area (Å²) in [6.07, 6.45) is 1.61. The Morgan fingerprint density at radius 3 is 2.84 bits per heavy atom. The maximum atomic E-state index is 12.9. The lowest BCUT2D eigenvalue weighted by atomic mass is 10.2. The maximum absolute atomic E-state index is 12.9. The molecule has 6 nitrogen and oxygen atoms in total. The van der Waals surface area contributed by atoms with Crippen LogP contribution in [0.25, 0.3) is 0 Å². The predicted molar refractivity (Wildman–Crippen MR) is 64.9 cm³/mol. The molecule has 1 aliphatic heterocycles. The number of aromatic nitrogens is 1. The molecule has 0 unspecified atom stereocenters. The Labute approximate surface area is 109 Å². The summed E-state index contributed by atoms with van der Waals surface area (Å²) in [6.45, 7) is 0. The van der Waals surface area contributed by atoms with Crippen LogP contribution >= 0.6 is 0 Å². The first-order chi connectivity index (χ1) is 8.91. The second-order valence-electron chi connectivity index (χ2n) is 4.32. The van der Waals surface area contributed by atoms with Crippen molar-refractivity contribution in [3.63, 3.8) is 0 Å². The Kier molecular flexibility index (Phi) is 3.81. The Hall–Kier alpha value is -1.54. The molecule has 0 bridgehead atoms. The van der Waals surface area contributed by atoms with E-state index in [1.165, 1.54) is 13.3 Å². The van der Waals surface area contributed by atoms with Crippen molar-refractivity contribution in [3.05, 3.63) is 29.8 Å². The summed E-state index contributed by atoms with van der Waals surface area (Å²) < 4.78 is 40.9. The molecule has 1 aromatic rings. The first-order valence-corrected chi connectivity index (χ1v) is 7.38. The topological polar surface area (TPSA) is 85.4 Å². The number of methoxy groups -OCH3 is 1. The standard InChI is InChI=1S/C11H13FN2O4S/c1-18-10-6-19(16,17)5-9(10)14-11(15)7-2-8(12)4-13-3-7/h2-4,9-10H,5-6H2,1H3,(H,14,15)/t9-,10-/m1/s1. The van der Waals surface area contributed by atoms with Crippen LogP contribution in [0.15, 0.2) is 18.5 Å². The number of halogens is 1. The quantitative estimate of drug-likeness (QED) is 0.830. The molecule has 0 spiro atoms. The fourth-order valence-corrected chi connectivity index (χ4v) is 3.82. The van der Waals surface area contributed by atoms with Gasteiger partial charge in [-0.2, -0.15) is 0 Å². The van der Waals surface area contributed by atoms with Crippen molar-refractivity contribution in [2.24, 2.45) is 0 Å². The molecule has 2 rings (SSSR count). The molecule has 19 heavy (non-hydrogen) atoms. The summed E-state index contributed by atoms with van der Waals surface area (Å²) in [6, 6.07) is 0.402. The fraction of sp³-hybridized carbons (Fsp3) is 0.455. The van der Waals surface area contributed by atoms with E-state index >= 15 is 0 Å². The molecule has 1 saturated heterocycles. The number of ether oxygens (including phenoxy) is 1. The molecule has 8 heteroatoms. The van der Waals surface area contributed by atoms with Gasteiger partial charge in [-0.3, -0.25) is 9.78 Å². The minimum Gasteiger partial charge on any atom is -0.378 e. The van der Waals surface area contributed by atoms with Crippen LogP contribution in [0.5, 0.6) is 0 Å². The van der Waals surface area contributed by atoms with E-state index in [0.29, 0.717) is 0 Å². The van der Waals surface area contributed by atoms with Gasteiger partial charge in [0.2, 0.25) is 0 Å². The molecular weight excluding hydrogens is 275 g/mol. The van der Waals surface area contributed by atoms with E-state index in [1.807, 2.05) is 0 Å². The van der Waals surface area contributed by atoms with Gasteiger partial charge in [-0.25, -0.2) is 12.8 Å². The number of pyridine rings is 1. The largest absolute Gasteiger partial charge is 0.378 e. The van der Waals surface area contributed by atoms with Gasteiger partial charge in [-0.1, -0.05) is 0 Å². The summed E-state index contributed by atoms with van der Waals surface area (Å²) in [5.41, 5.74) is 0.0409. The Bertz CT molecular complexity index is 590. The lowest BCUT2D eigenvalue weighted by Crippen LogP contribution is -2.43. The number of rotatable bonds is 3. The molecule has 0 aromatic carbocycles. The second-order valence-corrected chi connectivity index (χ2v) is 6.48. The van der Waals surface area contributed by atoms with Crippen LogP contribution < -0.4 is 5.32 Å². The van der Waals surface area contributed by atoms with Crippen molar-refractivity contribution in [2.45, 2.75) is 12.1 Å². The minimum absolute atomic E-state index is 0.0409. The highest BCUT2D eigenvalue weighted by atomic mass is 32.2. The SMILES string of the molecule is CO[C@@H]1CS(=O)(=O)C[C@H]1NC(=O)c1cncc(F)c1. The first kappa shape index (κ1) is 13.9. The number of carbonyl (C=O) groups is 1. The summed E-state index contributed by atoms with van der Waals surface area (Å²) in [5, 5.41) is 2.53. The normalized spacial score (nSPS) is 25.2. The third-order valence-electron chi connectivity index (χ3n) is 2.89. The molecule has 1 N–H and O–H groups in total. The minimum atomic E-state index is -3.22. The number of nitrogens with zero attached hydrogens (tertiary/aromatic N) is 1. The van der Waals surface area contributed by atoms with Gasteiger partial charge in [0.05, 0.1) is 35.4 Å². The number of sulfone groups is 1. The highest BCUT2D eigenvalue weighted by molar-refractivity contribution is 7.91. The van der Waals surface area contributed by atoms with E-state index in [2.05, 4.69) is 10.3 Å². The fourth-order valence-electron chi connectivity index (χ4n) is 1.97. The molecule has 2 heterocycles. The molecule has 1 amide bonds. The van der Waals surface area contributed by atoms with E-state index < -0.39 is 33.7 Å². The van der Waals surface area contributed by atoms with Crippen LogP contribution in [0.2, 0.25) is 0 Å². The van der Waals surface area contributed by atoms with Gasteiger partial charge in [0, 0.05) is 13.3 Å². The van der Waals surface area contributed by atoms with Crippen molar-refractivity contribution < 1.29 is 22.3 Å². The molecule has 0 saturated carbocycles. The van der Waals surface area contributed by atoms with E-state index in [-0.39, 0.29) is 17.1 Å². The Morgan fingerprint density at radius 1 is 1.47 bits per heavy atom. The van der Waals surface area contributed by atoms with Crippen molar-refractivity contribution in [2.75, 3.05) is 18.6 Å². The summed E-state index contributed by atoms with van der Waals surface area (Å²) >= 11 is 0. The molecule has 0 radical (unpaired) electrons. The monoisotopic (exact) mass is 288 g/mol. The van der Waals surface area contributed by atoms with Gasteiger partial charge >= 0.3 is 0 Å². The predicted octanol–water partition coefficient (Wildman–Crippen LogP) is -0.237. The van der Waals surface area contributed by atoms with Crippen molar-refractivity contribution in [1.29, 1.82) is 0 Å². The van der Waals surface area contributed by atoms with E-state index in [0.717, 1.165) is 12.3 Å². The first-order valence-electron chi connectivity index (χ1n) is 5.56.